The van der Waals surface area contributed by atoms with Crippen molar-refractivity contribution in [2.45, 2.75) is 19.9 Å². The summed E-state index contributed by atoms with van der Waals surface area (Å²) in [6.45, 7) is 3.54. The molecule has 0 aromatic heterocycles. The quantitative estimate of drug-likeness (QED) is 0.797. The van der Waals surface area contributed by atoms with Gasteiger partial charge in [0.05, 0.1) is 5.56 Å². The Kier molecular flexibility index (Phi) is 2.67. The summed E-state index contributed by atoms with van der Waals surface area (Å²) < 4.78 is 0. The number of hydrogen-bond donors (Lipinski definition) is 2. The molecule has 1 heterocycles. The molecular formula is C12H12N2O3. The molecule has 1 aliphatic heterocycles. The van der Waals surface area contributed by atoms with Crippen molar-refractivity contribution in [3.63, 3.8) is 0 Å². The normalized spacial score (nSPS) is 18.8. The van der Waals surface area contributed by atoms with Crippen molar-refractivity contribution in [2.24, 2.45) is 4.99 Å². The van der Waals surface area contributed by atoms with Crippen molar-refractivity contribution in [1.82, 2.24) is 5.32 Å². The Morgan fingerprint density at radius 2 is 2.18 bits per heavy atom. The number of benzene rings is 1. The van der Waals surface area contributed by atoms with E-state index in [4.69, 9.17) is 5.11 Å². The minimum absolute atomic E-state index is 0.167. The van der Waals surface area contributed by atoms with Crippen LogP contribution in [0.4, 0.5) is 0 Å². The van der Waals surface area contributed by atoms with Crippen molar-refractivity contribution >= 4 is 17.7 Å². The summed E-state index contributed by atoms with van der Waals surface area (Å²) in [4.78, 5) is 26.4. The summed E-state index contributed by atoms with van der Waals surface area (Å²) >= 11 is 0. The molecule has 2 rings (SSSR count). The highest BCUT2D eigenvalue weighted by Crippen LogP contribution is 2.15. The maximum absolute atomic E-state index is 11.3. The van der Waals surface area contributed by atoms with Crippen LogP contribution in [0.2, 0.25) is 0 Å². The topological polar surface area (TPSA) is 78.8 Å². The molecule has 1 aromatic rings. The number of aryl methyl sites for hydroxylation is 1. The molecule has 1 atom stereocenters. The van der Waals surface area contributed by atoms with E-state index in [2.05, 4.69) is 10.3 Å². The minimum Gasteiger partial charge on any atom is -0.478 e. The number of carboxylic acid groups (broad SMARTS) is 1. The number of nitrogens with one attached hydrogen (secondary N) is 1. The first kappa shape index (κ1) is 11.3. The van der Waals surface area contributed by atoms with Crippen LogP contribution in [0.15, 0.2) is 23.2 Å². The van der Waals surface area contributed by atoms with Gasteiger partial charge in [0.25, 0.3) is 0 Å². The molecule has 5 nitrogen and oxygen atoms in total. The Balaban J connectivity index is 2.45. The van der Waals surface area contributed by atoms with Gasteiger partial charge in [-0.3, -0.25) is 9.79 Å². The van der Waals surface area contributed by atoms with E-state index in [9.17, 15) is 9.59 Å². The van der Waals surface area contributed by atoms with E-state index in [0.29, 0.717) is 11.4 Å². The summed E-state index contributed by atoms with van der Waals surface area (Å²) in [5.74, 6) is -0.715. The van der Waals surface area contributed by atoms with Gasteiger partial charge >= 0.3 is 5.97 Å². The maximum Gasteiger partial charge on any atom is 0.335 e. The number of hydrogen-bond acceptors (Lipinski definition) is 3. The molecule has 0 radical (unpaired) electrons. The molecule has 0 spiro atoms. The number of carbonyl (C=O) groups is 2. The average molecular weight is 232 g/mol. The van der Waals surface area contributed by atoms with Crippen LogP contribution in [0, 0.1) is 6.92 Å². The lowest BCUT2D eigenvalue weighted by atomic mass is 10.0. The van der Waals surface area contributed by atoms with Crippen LogP contribution in [-0.4, -0.2) is 28.9 Å². The van der Waals surface area contributed by atoms with E-state index < -0.39 is 12.0 Å². The minimum atomic E-state index is -0.996. The lowest BCUT2D eigenvalue weighted by Crippen LogP contribution is -2.28. The number of amides is 1. The first-order valence-electron chi connectivity index (χ1n) is 5.22. The smallest absolute Gasteiger partial charge is 0.335 e. The zero-order valence-corrected chi connectivity index (χ0v) is 9.52. The molecule has 2 N–H and O–H groups in total. The van der Waals surface area contributed by atoms with Gasteiger partial charge in [-0.05, 0) is 31.5 Å². The molecule has 17 heavy (non-hydrogen) atoms. The Labute approximate surface area is 98.2 Å². The molecule has 1 aromatic carbocycles. The number of carbonyl (C=O) groups excluding carboxylic acids is 1. The third kappa shape index (κ3) is 2.04. The van der Waals surface area contributed by atoms with Gasteiger partial charge in [-0.1, -0.05) is 6.07 Å². The molecule has 0 bridgehead atoms. The van der Waals surface area contributed by atoms with E-state index in [-0.39, 0.29) is 11.5 Å². The summed E-state index contributed by atoms with van der Waals surface area (Å²) in [5, 5.41) is 11.6. The summed E-state index contributed by atoms with van der Waals surface area (Å²) in [5.41, 5.74) is 1.72. The van der Waals surface area contributed by atoms with E-state index >= 15 is 0 Å². The molecule has 1 unspecified atom stereocenters. The van der Waals surface area contributed by atoms with Gasteiger partial charge in [0.1, 0.15) is 11.9 Å². The van der Waals surface area contributed by atoms with Gasteiger partial charge in [0.2, 0.25) is 5.91 Å². The van der Waals surface area contributed by atoms with Gasteiger partial charge < -0.3 is 10.4 Å². The van der Waals surface area contributed by atoms with E-state index in [1.54, 1.807) is 13.0 Å². The molecule has 0 saturated heterocycles. The molecule has 1 amide bonds. The fraction of sp³-hybridized carbons (Fsp3) is 0.250. The fourth-order valence-corrected chi connectivity index (χ4v) is 1.65. The number of carboxylic acids is 1. The number of aliphatic imine (C=N–C) groups is 1. The molecule has 88 valence electrons. The average Bonchev–Trinajstić information content (AvgIpc) is 2.59. The second kappa shape index (κ2) is 4.01. The van der Waals surface area contributed by atoms with Crippen molar-refractivity contribution in [3.8, 4) is 0 Å². The van der Waals surface area contributed by atoms with E-state index in [0.717, 1.165) is 5.56 Å². The first-order valence-corrected chi connectivity index (χ1v) is 5.22. The van der Waals surface area contributed by atoms with Gasteiger partial charge in [-0.25, -0.2) is 4.79 Å². The van der Waals surface area contributed by atoms with Crippen LogP contribution in [0.25, 0.3) is 0 Å². The Morgan fingerprint density at radius 1 is 1.47 bits per heavy atom. The van der Waals surface area contributed by atoms with Gasteiger partial charge in [0.15, 0.2) is 0 Å². The lowest BCUT2D eigenvalue weighted by molar-refractivity contribution is -0.119. The molecule has 0 aliphatic carbocycles. The number of nitrogens with zero attached hydrogens (tertiary/aromatic N) is 1. The van der Waals surface area contributed by atoms with Gasteiger partial charge in [-0.2, -0.15) is 0 Å². The zero-order valence-electron chi connectivity index (χ0n) is 9.52. The van der Waals surface area contributed by atoms with E-state index in [1.807, 2.05) is 6.92 Å². The Morgan fingerprint density at radius 3 is 2.71 bits per heavy atom. The highest BCUT2D eigenvalue weighted by Gasteiger charge is 2.24. The van der Waals surface area contributed by atoms with Crippen LogP contribution in [0.1, 0.15) is 28.4 Å². The van der Waals surface area contributed by atoms with Crippen LogP contribution < -0.4 is 5.32 Å². The summed E-state index contributed by atoms with van der Waals surface area (Å²) in [6.07, 6.45) is 0. The predicted octanol–water partition coefficient (Wildman–Crippen LogP) is 0.958. The van der Waals surface area contributed by atoms with Crippen LogP contribution in [0.3, 0.4) is 0 Å². The van der Waals surface area contributed by atoms with Crippen LogP contribution in [-0.2, 0) is 4.79 Å². The summed E-state index contributed by atoms with van der Waals surface area (Å²) in [7, 11) is 0. The zero-order chi connectivity index (χ0) is 12.6. The molecule has 0 saturated carbocycles. The predicted molar refractivity (Wildman–Crippen MR) is 62.3 cm³/mol. The highest BCUT2D eigenvalue weighted by molar-refractivity contribution is 6.14. The van der Waals surface area contributed by atoms with Crippen molar-refractivity contribution < 1.29 is 14.7 Å². The number of aromatic carboxylic acids is 1. The molecular weight excluding hydrogens is 220 g/mol. The Bertz CT molecular complexity index is 535. The molecule has 1 aliphatic rings. The number of rotatable bonds is 2. The highest BCUT2D eigenvalue weighted by atomic mass is 16.4. The first-order chi connectivity index (χ1) is 7.99. The second-order valence-electron chi connectivity index (χ2n) is 3.98. The SMILES string of the molecule is Cc1ccc(C(=O)O)cc1C1=NC(C)C(=O)N1. The van der Waals surface area contributed by atoms with Gasteiger partial charge in [0, 0.05) is 5.56 Å². The van der Waals surface area contributed by atoms with Crippen molar-refractivity contribution in [2.75, 3.05) is 0 Å². The standard InChI is InChI=1S/C12H12N2O3/c1-6-3-4-8(12(16)17)5-9(6)10-13-7(2)11(15)14-10/h3-5,7H,1-2H3,(H,16,17)(H,13,14,15). The van der Waals surface area contributed by atoms with E-state index in [1.165, 1.54) is 12.1 Å². The monoisotopic (exact) mass is 232 g/mol. The van der Waals surface area contributed by atoms with Crippen LogP contribution >= 0.6 is 0 Å². The molecule has 5 heteroatoms. The largest absolute Gasteiger partial charge is 0.478 e. The third-order valence-electron chi connectivity index (χ3n) is 2.68. The van der Waals surface area contributed by atoms with Crippen molar-refractivity contribution in [1.29, 1.82) is 0 Å². The fourth-order valence-electron chi connectivity index (χ4n) is 1.65. The maximum atomic E-state index is 11.3. The third-order valence-corrected chi connectivity index (χ3v) is 2.68. The summed E-state index contributed by atoms with van der Waals surface area (Å²) in [6, 6.07) is 4.34. The Hall–Kier alpha value is -2.17. The van der Waals surface area contributed by atoms with Gasteiger partial charge in [-0.15, -0.1) is 0 Å². The lowest BCUT2D eigenvalue weighted by Gasteiger charge is -2.06. The van der Waals surface area contributed by atoms with Crippen molar-refractivity contribution in [3.05, 3.63) is 34.9 Å². The second-order valence-corrected chi connectivity index (χ2v) is 3.98. The number of amidine groups is 1. The molecule has 0 fully saturated rings. The van der Waals surface area contributed by atoms with Crippen LogP contribution in [0.5, 0.6) is 0 Å².